The zero-order valence-electron chi connectivity index (χ0n) is 12.1. The predicted octanol–water partition coefficient (Wildman–Crippen LogP) is 2.98. The Hall–Kier alpha value is -0.780. The molecule has 1 aliphatic rings. The Morgan fingerprint density at radius 1 is 1.20 bits per heavy atom. The molecule has 1 heterocycles. The number of nitrogens with one attached hydrogen (secondary N) is 1. The summed E-state index contributed by atoms with van der Waals surface area (Å²) in [4.78, 5) is 0. The van der Waals surface area contributed by atoms with E-state index in [1.165, 1.54) is 5.56 Å². The fourth-order valence-electron chi connectivity index (χ4n) is 2.39. The number of rotatable bonds is 6. The van der Waals surface area contributed by atoms with E-state index >= 15 is 0 Å². The summed E-state index contributed by atoms with van der Waals surface area (Å²) in [5.41, 5.74) is 1.18. The number of benzene rings is 1. The molecule has 0 atom stereocenters. The molecule has 1 saturated heterocycles. The van der Waals surface area contributed by atoms with E-state index in [0.29, 0.717) is 0 Å². The molecule has 1 N–H and O–H groups in total. The lowest BCUT2D eigenvalue weighted by molar-refractivity contribution is 0.0662. The first-order chi connectivity index (χ1) is 9.74. The number of hydrogen-bond acceptors (Lipinski definition) is 4. The molecule has 0 spiro atoms. The van der Waals surface area contributed by atoms with Crippen molar-refractivity contribution in [2.45, 2.75) is 19.4 Å². The average molecular weight is 344 g/mol. The maximum absolute atomic E-state index is 5.37. The summed E-state index contributed by atoms with van der Waals surface area (Å²) in [6, 6.07) is 3.96. The Morgan fingerprint density at radius 2 is 1.85 bits per heavy atom. The second-order valence-corrected chi connectivity index (χ2v) is 5.84. The number of hydrogen-bond donors (Lipinski definition) is 1. The van der Waals surface area contributed by atoms with Crippen molar-refractivity contribution in [3.05, 3.63) is 22.2 Å². The quantitative estimate of drug-likeness (QED) is 0.861. The molecule has 20 heavy (non-hydrogen) atoms. The minimum atomic E-state index is 0.725. The summed E-state index contributed by atoms with van der Waals surface area (Å²) in [7, 11) is 3.30. The van der Waals surface area contributed by atoms with Crippen molar-refractivity contribution in [3.8, 4) is 11.5 Å². The van der Waals surface area contributed by atoms with Gasteiger partial charge in [-0.15, -0.1) is 0 Å². The van der Waals surface area contributed by atoms with E-state index in [0.717, 1.165) is 61.0 Å². The van der Waals surface area contributed by atoms with Crippen molar-refractivity contribution in [2.24, 2.45) is 5.92 Å². The summed E-state index contributed by atoms with van der Waals surface area (Å²) in [6.45, 7) is 3.64. The first-order valence-electron chi connectivity index (χ1n) is 6.93. The molecule has 0 aromatic heterocycles. The third kappa shape index (κ3) is 4.11. The van der Waals surface area contributed by atoms with Gasteiger partial charge < -0.3 is 19.5 Å². The van der Waals surface area contributed by atoms with Crippen LogP contribution in [0.1, 0.15) is 18.4 Å². The molecule has 1 aliphatic heterocycles. The molecule has 1 fully saturated rings. The van der Waals surface area contributed by atoms with Gasteiger partial charge in [-0.05, 0) is 43.0 Å². The fourth-order valence-corrected chi connectivity index (χ4v) is 2.86. The highest BCUT2D eigenvalue weighted by atomic mass is 79.9. The van der Waals surface area contributed by atoms with Gasteiger partial charge in [0.2, 0.25) is 0 Å². The second kappa shape index (κ2) is 7.86. The molecular weight excluding hydrogens is 322 g/mol. The Labute approximate surface area is 128 Å². The van der Waals surface area contributed by atoms with Crippen molar-refractivity contribution in [3.63, 3.8) is 0 Å². The minimum Gasteiger partial charge on any atom is -0.493 e. The van der Waals surface area contributed by atoms with Gasteiger partial charge in [-0.25, -0.2) is 0 Å². The van der Waals surface area contributed by atoms with E-state index in [4.69, 9.17) is 14.2 Å². The van der Waals surface area contributed by atoms with Crippen LogP contribution < -0.4 is 14.8 Å². The summed E-state index contributed by atoms with van der Waals surface area (Å²) < 4.78 is 17.0. The number of methoxy groups -OCH3 is 2. The summed E-state index contributed by atoms with van der Waals surface area (Å²) in [6.07, 6.45) is 2.31. The molecule has 5 heteroatoms. The van der Waals surface area contributed by atoms with Crippen LogP contribution >= 0.6 is 15.9 Å². The van der Waals surface area contributed by atoms with E-state index in [1.54, 1.807) is 14.2 Å². The van der Waals surface area contributed by atoms with Crippen LogP contribution in [-0.2, 0) is 11.3 Å². The van der Waals surface area contributed by atoms with Gasteiger partial charge in [0.15, 0.2) is 11.5 Å². The van der Waals surface area contributed by atoms with Gasteiger partial charge in [-0.2, -0.15) is 0 Å². The molecule has 0 unspecified atom stereocenters. The molecule has 0 radical (unpaired) electrons. The van der Waals surface area contributed by atoms with Crippen molar-refractivity contribution in [1.82, 2.24) is 5.32 Å². The van der Waals surface area contributed by atoms with Gasteiger partial charge in [-0.3, -0.25) is 0 Å². The van der Waals surface area contributed by atoms with E-state index < -0.39 is 0 Å². The monoisotopic (exact) mass is 343 g/mol. The maximum Gasteiger partial charge on any atom is 0.161 e. The smallest absolute Gasteiger partial charge is 0.161 e. The van der Waals surface area contributed by atoms with E-state index in [1.807, 2.05) is 12.1 Å². The Balaban J connectivity index is 1.91. The van der Waals surface area contributed by atoms with Gasteiger partial charge in [-0.1, -0.05) is 15.9 Å². The maximum atomic E-state index is 5.37. The standard InChI is InChI=1S/C15H22BrNO3/c1-18-14-7-12(13(16)8-15(14)19-2)10-17-9-11-3-5-20-6-4-11/h7-8,11,17H,3-6,9-10H2,1-2H3. The fraction of sp³-hybridized carbons (Fsp3) is 0.600. The third-order valence-corrected chi connectivity index (χ3v) is 4.38. The number of ether oxygens (including phenoxy) is 3. The van der Waals surface area contributed by atoms with E-state index in [2.05, 4.69) is 21.2 Å². The lowest BCUT2D eigenvalue weighted by Crippen LogP contribution is -2.27. The highest BCUT2D eigenvalue weighted by molar-refractivity contribution is 9.10. The highest BCUT2D eigenvalue weighted by Crippen LogP contribution is 2.33. The van der Waals surface area contributed by atoms with Gasteiger partial charge in [0, 0.05) is 24.2 Å². The topological polar surface area (TPSA) is 39.7 Å². The van der Waals surface area contributed by atoms with Gasteiger partial charge in [0.05, 0.1) is 14.2 Å². The lowest BCUT2D eigenvalue weighted by Gasteiger charge is -2.22. The van der Waals surface area contributed by atoms with Gasteiger partial charge in [0.1, 0.15) is 0 Å². The molecule has 1 aromatic carbocycles. The van der Waals surface area contributed by atoms with Crippen LogP contribution in [-0.4, -0.2) is 34.0 Å². The summed E-state index contributed by atoms with van der Waals surface area (Å²) >= 11 is 3.58. The Bertz CT molecular complexity index is 433. The largest absolute Gasteiger partial charge is 0.493 e. The molecule has 112 valence electrons. The van der Waals surface area contributed by atoms with Crippen molar-refractivity contribution in [2.75, 3.05) is 34.0 Å². The van der Waals surface area contributed by atoms with Crippen molar-refractivity contribution >= 4 is 15.9 Å². The van der Waals surface area contributed by atoms with Crippen LogP contribution in [0.5, 0.6) is 11.5 Å². The van der Waals surface area contributed by atoms with Gasteiger partial charge >= 0.3 is 0 Å². The lowest BCUT2D eigenvalue weighted by atomic mass is 10.0. The van der Waals surface area contributed by atoms with Crippen molar-refractivity contribution in [1.29, 1.82) is 0 Å². The van der Waals surface area contributed by atoms with Gasteiger partial charge in [0.25, 0.3) is 0 Å². The zero-order valence-corrected chi connectivity index (χ0v) is 13.7. The van der Waals surface area contributed by atoms with Crippen molar-refractivity contribution < 1.29 is 14.2 Å². The molecule has 4 nitrogen and oxygen atoms in total. The molecule has 0 amide bonds. The van der Waals surface area contributed by atoms with Crippen LogP contribution in [0.25, 0.3) is 0 Å². The molecule has 2 rings (SSSR count). The summed E-state index contributed by atoms with van der Waals surface area (Å²) in [5.74, 6) is 2.23. The third-order valence-electron chi connectivity index (χ3n) is 3.64. The molecule has 0 aliphatic carbocycles. The van der Waals surface area contributed by atoms with Crippen LogP contribution in [0, 0.1) is 5.92 Å². The SMILES string of the molecule is COc1cc(Br)c(CNCC2CCOCC2)cc1OC. The van der Waals surface area contributed by atoms with Crippen LogP contribution in [0.2, 0.25) is 0 Å². The first kappa shape index (κ1) is 15.6. The van der Waals surface area contributed by atoms with Crippen LogP contribution in [0.15, 0.2) is 16.6 Å². The molecule has 1 aromatic rings. The van der Waals surface area contributed by atoms with Crippen LogP contribution in [0.3, 0.4) is 0 Å². The first-order valence-corrected chi connectivity index (χ1v) is 7.72. The Morgan fingerprint density at radius 3 is 2.50 bits per heavy atom. The average Bonchev–Trinajstić information content (AvgIpc) is 2.49. The highest BCUT2D eigenvalue weighted by Gasteiger charge is 2.14. The zero-order chi connectivity index (χ0) is 14.4. The molecular formula is C15H22BrNO3. The molecule has 0 saturated carbocycles. The van der Waals surface area contributed by atoms with E-state index in [9.17, 15) is 0 Å². The molecule has 0 bridgehead atoms. The second-order valence-electron chi connectivity index (χ2n) is 4.99. The minimum absolute atomic E-state index is 0.725. The summed E-state index contributed by atoms with van der Waals surface area (Å²) in [5, 5.41) is 3.52. The predicted molar refractivity (Wildman–Crippen MR) is 82.5 cm³/mol. The normalized spacial score (nSPS) is 16.1. The van der Waals surface area contributed by atoms with Crippen LogP contribution in [0.4, 0.5) is 0 Å². The Kier molecular flexibility index (Phi) is 6.13. The van der Waals surface area contributed by atoms with E-state index in [-0.39, 0.29) is 0 Å². The number of halogens is 1.